The Labute approximate surface area is 276 Å². The number of hydrogen-bond donors (Lipinski definition) is 0. The van der Waals surface area contributed by atoms with Crippen molar-refractivity contribution in [1.29, 1.82) is 0 Å². The first-order valence-corrected chi connectivity index (χ1v) is 16.3. The Hall–Kier alpha value is -6.39. The fourth-order valence-electron chi connectivity index (χ4n) is 7.38. The van der Waals surface area contributed by atoms with Crippen LogP contribution < -0.4 is 0 Å². The summed E-state index contributed by atoms with van der Waals surface area (Å²) in [6, 6.07) is 55.9. The molecule has 0 saturated heterocycles. The van der Waals surface area contributed by atoms with Gasteiger partial charge in [0.15, 0.2) is 0 Å². The molecule has 0 unspecified atom stereocenters. The number of furan rings is 1. The van der Waals surface area contributed by atoms with Crippen molar-refractivity contribution >= 4 is 54.8 Å². The molecule has 3 aromatic heterocycles. The van der Waals surface area contributed by atoms with Crippen LogP contribution in [0.15, 0.2) is 162 Å². The van der Waals surface area contributed by atoms with E-state index in [-0.39, 0.29) is 0 Å². The van der Waals surface area contributed by atoms with E-state index in [2.05, 4.69) is 162 Å². The molecule has 0 atom stereocenters. The zero-order valence-corrected chi connectivity index (χ0v) is 26.3. The highest BCUT2D eigenvalue weighted by molar-refractivity contribution is 6.13. The fraction of sp³-hybridized carbons (Fsp3) is 0.0227. The molecule has 0 saturated carbocycles. The second kappa shape index (κ2) is 10.3. The first-order chi connectivity index (χ1) is 23.7. The van der Waals surface area contributed by atoms with E-state index in [0.717, 1.165) is 72.4 Å². The largest absolute Gasteiger partial charge is 0.455 e. The van der Waals surface area contributed by atoms with Gasteiger partial charge in [-0.25, -0.2) is 4.98 Å². The number of hydrogen-bond acceptors (Lipinski definition) is 2. The first kappa shape index (κ1) is 26.8. The number of aryl methyl sites for hydroxylation is 1. The molecule has 0 spiro atoms. The first-order valence-electron chi connectivity index (χ1n) is 16.3. The SMILES string of the molecule is Cc1ccc2c(c1)nc(-c1ccc(-n3c4ccccc4c4cc(-c5cccc6c5oc5ccccc56)ccc43)cc1)n2-c1ccccc1. The average Bonchev–Trinajstić information content (AvgIpc) is 3.81. The van der Waals surface area contributed by atoms with Crippen molar-refractivity contribution in [3.63, 3.8) is 0 Å². The summed E-state index contributed by atoms with van der Waals surface area (Å²) in [6.07, 6.45) is 0. The van der Waals surface area contributed by atoms with Crippen LogP contribution in [-0.2, 0) is 0 Å². The number of para-hydroxylation sites is 4. The van der Waals surface area contributed by atoms with Crippen LogP contribution >= 0.6 is 0 Å². The molecule has 0 aliphatic carbocycles. The van der Waals surface area contributed by atoms with Crippen molar-refractivity contribution < 1.29 is 4.42 Å². The molecule has 7 aromatic carbocycles. The van der Waals surface area contributed by atoms with Crippen molar-refractivity contribution in [2.24, 2.45) is 0 Å². The third-order valence-corrected chi connectivity index (χ3v) is 9.60. The number of benzene rings is 7. The van der Waals surface area contributed by atoms with E-state index in [1.807, 2.05) is 12.1 Å². The monoisotopic (exact) mass is 615 g/mol. The Morgan fingerprint density at radius 1 is 0.479 bits per heavy atom. The Morgan fingerprint density at radius 2 is 1.17 bits per heavy atom. The van der Waals surface area contributed by atoms with Gasteiger partial charge in [-0.15, -0.1) is 0 Å². The van der Waals surface area contributed by atoms with E-state index in [1.54, 1.807) is 0 Å². The third kappa shape index (κ3) is 3.99. The molecule has 48 heavy (non-hydrogen) atoms. The molecule has 4 heteroatoms. The van der Waals surface area contributed by atoms with Crippen molar-refractivity contribution in [3.05, 3.63) is 163 Å². The van der Waals surface area contributed by atoms with Gasteiger partial charge in [0.05, 0.1) is 22.1 Å². The summed E-state index contributed by atoms with van der Waals surface area (Å²) in [6.45, 7) is 2.11. The van der Waals surface area contributed by atoms with Crippen LogP contribution in [0.5, 0.6) is 0 Å². The van der Waals surface area contributed by atoms with E-state index >= 15 is 0 Å². The molecular formula is C44H29N3O. The van der Waals surface area contributed by atoms with Gasteiger partial charge in [-0.3, -0.25) is 4.57 Å². The second-order valence-corrected chi connectivity index (χ2v) is 12.5. The summed E-state index contributed by atoms with van der Waals surface area (Å²) in [4.78, 5) is 5.13. The predicted molar refractivity (Wildman–Crippen MR) is 198 cm³/mol. The Bertz CT molecular complexity index is 2830. The summed E-state index contributed by atoms with van der Waals surface area (Å²) in [5.41, 5.74) is 13.0. The third-order valence-electron chi connectivity index (χ3n) is 9.60. The van der Waals surface area contributed by atoms with Crippen molar-refractivity contribution in [2.75, 3.05) is 0 Å². The Morgan fingerprint density at radius 3 is 2.04 bits per heavy atom. The molecule has 0 amide bonds. The summed E-state index contributed by atoms with van der Waals surface area (Å²) in [7, 11) is 0. The number of rotatable bonds is 4. The molecule has 0 aliphatic rings. The van der Waals surface area contributed by atoms with Crippen LogP contribution in [0.3, 0.4) is 0 Å². The minimum absolute atomic E-state index is 0.913. The van der Waals surface area contributed by atoms with Gasteiger partial charge in [0.2, 0.25) is 0 Å². The molecule has 10 rings (SSSR count). The van der Waals surface area contributed by atoms with Gasteiger partial charge in [0, 0.05) is 44.0 Å². The number of imidazole rings is 1. The van der Waals surface area contributed by atoms with Crippen LogP contribution in [0, 0.1) is 6.92 Å². The molecule has 0 N–H and O–H groups in total. The van der Waals surface area contributed by atoms with E-state index < -0.39 is 0 Å². The maximum Gasteiger partial charge on any atom is 0.145 e. The van der Waals surface area contributed by atoms with Gasteiger partial charge in [0.25, 0.3) is 0 Å². The quantitative estimate of drug-likeness (QED) is 0.197. The molecule has 0 radical (unpaired) electrons. The molecule has 0 aliphatic heterocycles. The van der Waals surface area contributed by atoms with Crippen molar-refractivity contribution in [2.45, 2.75) is 6.92 Å². The van der Waals surface area contributed by atoms with Gasteiger partial charge >= 0.3 is 0 Å². The highest BCUT2D eigenvalue weighted by atomic mass is 16.3. The van der Waals surface area contributed by atoms with Crippen LogP contribution in [0.2, 0.25) is 0 Å². The second-order valence-electron chi connectivity index (χ2n) is 12.5. The number of nitrogens with zero attached hydrogens (tertiary/aromatic N) is 3. The van der Waals surface area contributed by atoms with E-state index in [4.69, 9.17) is 9.40 Å². The number of aromatic nitrogens is 3. The highest BCUT2D eigenvalue weighted by Crippen LogP contribution is 2.39. The predicted octanol–water partition coefficient (Wildman–Crippen LogP) is 11.7. The van der Waals surface area contributed by atoms with E-state index in [9.17, 15) is 0 Å². The normalized spacial score (nSPS) is 11.9. The molecular weight excluding hydrogens is 587 g/mol. The standard InChI is InChI=1S/C44H29N3O/c1-28-18-24-41-38(26-28)45-44(47(41)31-10-3-2-4-11-31)29-19-22-32(23-20-29)46-39-16-7-5-12-34(39)37-27-30(21-25-40(37)46)33-14-9-15-36-35-13-6-8-17-42(35)48-43(33)36/h2-27H,1H3. The lowest BCUT2D eigenvalue weighted by Crippen LogP contribution is -1.98. The van der Waals surface area contributed by atoms with E-state index in [1.165, 1.54) is 21.9 Å². The lowest BCUT2D eigenvalue weighted by molar-refractivity contribution is 0.670. The van der Waals surface area contributed by atoms with Crippen LogP contribution in [0.25, 0.3) is 88.7 Å². The van der Waals surface area contributed by atoms with Crippen LogP contribution in [-0.4, -0.2) is 14.1 Å². The van der Waals surface area contributed by atoms with Gasteiger partial charge in [-0.2, -0.15) is 0 Å². The topological polar surface area (TPSA) is 35.9 Å². The zero-order valence-electron chi connectivity index (χ0n) is 26.3. The summed E-state index contributed by atoms with van der Waals surface area (Å²) in [5, 5.41) is 4.71. The highest BCUT2D eigenvalue weighted by Gasteiger charge is 2.18. The average molecular weight is 616 g/mol. The Balaban J connectivity index is 1.12. The van der Waals surface area contributed by atoms with E-state index in [0.29, 0.717) is 0 Å². The summed E-state index contributed by atoms with van der Waals surface area (Å²) in [5.74, 6) is 0.931. The van der Waals surface area contributed by atoms with Gasteiger partial charge in [0.1, 0.15) is 17.0 Å². The molecule has 10 aromatic rings. The molecule has 226 valence electrons. The zero-order chi connectivity index (χ0) is 31.8. The maximum atomic E-state index is 6.41. The summed E-state index contributed by atoms with van der Waals surface area (Å²) < 4.78 is 11.0. The lowest BCUT2D eigenvalue weighted by Gasteiger charge is -2.12. The van der Waals surface area contributed by atoms with Gasteiger partial charge in [-0.05, 0) is 90.8 Å². The maximum absolute atomic E-state index is 6.41. The van der Waals surface area contributed by atoms with Crippen LogP contribution in [0.4, 0.5) is 0 Å². The molecule has 0 bridgehead atoms. The van der Waals surface area contributed by atoms with Crippen LogP contribution in [0.1, 0.15) is 5.56 Å². The molecule has 3 heterocycles. The minimum Gasteiger partial charge on any atom is -0.455 e. The smallest absolute Gasteiger partial charge is 0.145 e. The lowest BCUT2D eigenvalue weighted by atomic mass is 10.0. The molecule has 4 nitrogen and oxygen atoms in total. The minimum atomic E-state index is 0.913. The Kier molecular flexibility index (Phi) is 5.75. The van der Waals surface area contributed by atoms with Crippen molar-refractivity contribution in [3.8, 4) is 33.9 Å². The van der Waals surface area contributed by atoms with Gasteiger partial charge < -0.3 is 8.98 Å². The summed E-state index contributed by atoms with van der Waals surface area (Å²) >= 11 is 0. The molecule has 0 fully saturated rings. The van der Waals surface area contributed by atoms with Crippen molar-refractivity contribution in [1.82, 2.24) is 14.1 Å². The number of fused-ring (bicyclic) bond motifs is 7. The van der Waals surface area contributed by atoms with Gasteiger partial charge in [-0.1, -0.05) is 84.9 Å². The fourth-order valence-corrected chi connectivity index (χ4v) is 7.38.